The topological polar surface area (TPSA) is 51.2 Å². The molecule has 3 rings (SSSR count). The molecule has 2 aromatic rings. The molecule has 0 saturated carbocycles. The van der Waals surface area contributed by atoms with Gasteiger partial charge >= 0.3 is 0 Å². The lowest BCUT2D eigenvalue weighted by Crippen LogP contribution is -2.20. The molecule has 124 valence electrons. The van der Waals surface area contributed by atoms with Gasteiger partial charge in [0.15, 0.2) is 11.7 Å². The summed E-state index contributed by atoms with van der Waals surface area (Å²) < 4.78 is 5.67. The zero-order chi connectivity index (χ0) is 15.5. The first kappa shape index (κ1) is 17.8. The largest absolute Gasteiger partial charge is 0.483 e. The van der Waals surface area contributed by atoms with E-state index in [2.05, 4.69) is 10.3 Å². The number of aryl methyl sites for hydroxylation is 4. The van der Waals surface area contributed by atoms with E-state index in [4.69, 9.17) is 4.74 Å². The van der Waals surface area contributed by atoms with E-state index < -0.39 is 0 Å². The highest BCUT2D eigenvalue weighted by Gasteiger charge is 2.16. The molecular weight excluding hydrogens is 332 g/mol. The number of thiazole rings is 1. The van der Waals surface area contributed by atoms with Crippen LogP contribution >= 0.6 is 23.7 Å². The van der Waals surface area contributed by atoms with Crippen LogP contribution in [0, 0.1) is 13.8 Å². The second-order valence-electron chi connectivity index (χ2n) is 5.65. The maximum Gasteiger partial charge on any atom is 0.264 e. The van der Waals surface area contributed by atoms with Gasteiger partial charge in [-0.3, -0.25) is 10.1 Å². The van der Waals surface area contributed by atoms with Gasteiger partial charge < -0.3 is 4.74 Å². The second kappa shape index (κ2) is 7.79. The maximum atomic E-state index is 12.1. The number of rotatable bonds is 4. The lowest BCUT2D eigenvalue weighted by Gasteiger charge is -2.11. The summed E-state index contributed by atoms with van der Waals surface area (Å²) >= 11 is 1.59. The molecule has 23 heavy (non-hydrogen) atoms. The Bertz CT molecular complexity index is 656. The van der Waals surface area contributed by atoms with Gasteiger partial charge in [-0.25, -0.2) is 4.98 Å². The molecule has 0 saturated heterocycles. The summed E-state index contributed by atoms with van der Waals surface area (Å²) in [7, 11) is 0. The van der Waals surface area contributed by atoms with Crippen molar-refractivity contribution in [3.63, 3.8) is 0 Å². The number of hydrogen-bond acceptors (Lipinski definition) is 4. The summed E-state index contributed by atoms with van der Waals surface area (Å²) in [6, 6.07) is 5.95. The first-order chi connectivity index (χ1) is 10.6. The molecule has 0 fully saturated rings. The van der Waals surface area contributed by atoms with Crippen LogP contribution in [0.25, 0.3) is 0 Å². The Kier molecular flexibility index (Phi) is 6.02. The van der Waals surface area contributed by atoms with Crippen molar-refractivity contribution < 1.29 is 9.53 Å². The number of aromatic nitrogens is 1. The molecule has 1 aromatic heterocycles. The number of para-hydroxylation sites is 1. The van der Waals surface area contributed by atoms with Crippen molar-refractivity contribution in [2.75, 3.05) is 11.9 Å². The zero-order valence-electron chi connectivity index (χ0n) is 13.3. The quantitative estimate of drug-likeness (QED) is 0.902. The molecule has 1 heterocycles. The number of benzene rings is 1. The molecular formula is C17H21ClN2O2S. The van der Waals surface area contributed by atoms with E-state index in [0.717, 1.165) is 35.4 Å². The first-order valence-electron chi connectivity index (χ1n) is 7.61. The highest BCUT2D eigenvalue weighted by molar-refractivity contribution is 7.15. The van der Waals surface area contributed by atoms with Crippen LogP contribution in [0.4, 0.5) is 5.13 Å². The van der Waals surface area contributed by atoms with Crippen LogP contribution < -0.4 is 10.1 Å². The van der Waals surface area contributed by atoms with Crippen molar-refractivity contribution >= 4 is 34.8 Å². The molecule has 0 spiro atoms. The van der Waals surface area contributed by atoms with Crippen molar-refractivity contribution in [2.45, 2.75) is 39.5 Å². The van der Waals surface area contributed by atoms with Gasteiger partial charge in [0.05, 0.1) is 5.69 Å². The number of carbonyl (C=O) groups excluding carboxylic acids is 1. The van der Waals surface area contributed by atoms with Crippen molar-refractivity contribution in [3.8, 4) is 5.75 Å². The summed E-state index contributed by atoms with van der Waals surface area (Å²) in [5.74, 6) is 0.629. The van der Waals surface area contributed by atoms with Gasteiger partial charge in [0.25, 0.3) is 5.91 Å². The molecule has 0 aliphatic heterocycles. The van der Waals surface area contributed by atoms with Crippen molar-refractivity contribution in [2.24, 2.45) is 0 Å². The molecule has 1 aliphatic carbocycles. The first-order valence-corrected chi connectivity index (χ1v) is 8.42. The summed E-state index contributed by atoms with van der Waals surface area (Å²) in [6.07, 6.45) is 4.53. The summed E-state index contributed by atoms with van der Waals surface area (Å²) in [5, 5.41) is 3.55. The van der Waals surface area contributed by atoms with Gasteiger partial charge in [-0.15, -0.1) is 23.7 Å². The highest BCUT2D eigenvalue weighted by atomic mass is 35.5. The molecule has 1 aliphatic rings. The molecule has 4 nitrogen and oxygen atoms in total. The number of anilines is 1. The van der Waals surface area contributed by atoms with Crippen LogP contribution in [0.1, 0.15) is 34.5 Å². The van der Waals surface area contributed by atoms with Gasteiger partial charge in [0.1, 0.15) is 5.75 Å². The number of ether oxygens (including phenoxy) is 1. The van der Waals surface area contributed by atoms with Gasteiger partial charge in [-0.1, -0.05) is 18.2 Å². The predicted octanol–water partition coefficient (Wildman–Crippen LogP) is 4.08. The Balaban J connectivity index is 0.00000192. The highest BCUT2D eigenvalue weighted by Crippen LogP contribution is 2.29. The molecule has 0 atom stereocenters. The third kappa shape index (κ3) is 4.24. The number of hydrogen-bond donors (Lipinski definition) is 1. The lowest BCUT2D eigenvalue weighted by atomic mass is 10.0. The summed E-state index contributed by atoms with van der Waals surface area (Å²) in [6.45, 7) is 3.97. The van der Waals surface area contributed by atoms with E-state index >= 15 is 0 Å². The Morgan fingerprint density at radius 2 is 1.96 bits per heavy atom. The Morgan fingerprint density at radius 1 is 1.26 bits per heavy atom. The SMILES string of the molecule is Cc1cccc(C)c1OCC(=O)Nc1nc2c(s1)CCCC2.Cl. The third-order valence-electron chi connectivity index (χ3n) is 3.85. The van der Waals surface area contributed by atoms with Gasteiger partial charge in [-0.05, 0) is 50.7 Å². The predicted molar refractivity (Wildman–Crippen MR) is 96.0 cm³/mol. The number of amides is 1. The zero-order valence-corrected chi connectivity index (χ0v) is 15.0. The van der Waals surface area contributed by atoms with Crippen molar-refractivity contribution in [1.29, 1.82) is 0 Å². The number of nitrogens with one attached hydrogen (secondary N) is 1. The standard InChI is InChI=1S/C17H20N2O2S.ClH/c1-11-6-5-7-12(2)16(11)21-10-15(20)19-17-18-13-8-3-4-9-14(13)22-17;/h5-7H,3-4,8-10H2,1-2H3,(H,18,19,20);1H. The minimum Gasteiger partial charge on any atom is -0.483 e. The minimum atomic E-state index is -0.159. The third-order valence-corrected chi connectivity index (χ3v) is 4.92. The average Bonchev–Trinajstić information content (AvgIpc) is 2.88. The summed E-state index contributed by atoms with van der Waals surface area (Å²) in [4.78, 5) is 17.9. The van der Waals surface area contributed by atoms with E-state index in [1.165, 1.54) is 17.7 Å². The molecule has 6 heteroatoms. The molecule has 1 amide bonds. The number of fused-ring (bicyclic) bond motifs is 1. The Labute approximate surface area is 146 Å². The van der Waals surface area contributed by atoms with Crippen molar-refractivity contribution in [3.05, 3.63) is 39.9 Å². The van der Waals surface area contributed by atoms with Crippen molar-refractivity contribution in [1.82, 2.24) is 4.98 Å². The summed E-state index contributed by atoms with van der Waals surface area (Å²) in [5.41, 5.74) is 3.23. The van der Waals surface area contributed by atoms with Crippen LogP contribution in [-0.2, 0) is 17.6 Å². The van der Waals surface area contributed by atoms with E-state index in [1.807, 2.05) is 32.0 Å². The van der Waals surface area contributed by atoms with Gasteiger partial charge in [0, 0.05) is 4.88 Å². The monoisotopic (exact) mass is 352 g/mol. The lowest BCUT2D eigenvalue weighted by molar-refractivity contribution is -0.118. The van der Waals surface area contributed by atoms with Crippen LogP contribution in [0.3, 0.4) is 0 Å². The molecule has 0 unspecified atom stereocenters. The van der Waals surface area contributed by atoms with Crippen LogP contribution in [0.2, 0.25) is 0 Å². The molecule has 0 radical (unpaired) electrons. The minimum absolute atomic E-state index is 0. The maximum absolute atomic E-state index is 12.1. The van der Waals surface area contributed by atoms with E-state index in [1.54, 1.807) is 11.3 Å². The number of halogens is 1. The fourth-order valence-electron chi connectivity index (χ4n) is 2.73. The number of nitrogens with zero attached hydrogens (tertiary/aromatic N) is 1. The van der Waals surface area contributed by atoms with E-state index in [0.29, 0.717) is 5.13 Å². The normalized spacial score (nSPS) is 13.0. The van der Waals surface area contributed by atoms with Crippen LogP contribution in [0.15, 0.2) is 18.2 Å². The van der Waals surface area contributed by atoms with Gasteiger partial charge in [0.2, 0.25) is 0 Å². The smallest absolute Gasteiger partial charge is 0.264 e. The molecule has 0 bridgehead atoms. The van der Waals surface area contributed by atoms with Crippen LogP contribution in [0.5, 0.6) is 5.75 Å². The Morgan fingerprint density at radius 3 is 2.65 bits per heavy atom. The fourth-order valence-corrected chi connectivity index (χ4v) is 3.79. The van der Waals surface area contributed by atoms with E-state index in [9.17, 15) is 4.79 Å². The number of carbonyl (C=O) groups is 1. The van der Waals surface area contributed by atoms with E-state index in [-0.39, 0.29) is 24.9 Å². The Hall–Kier alpha value is -1.59. The van der Waals surface area contributed by atoms with Gasteiger partial charge in [-0.2, -0.15) is 0 Å². The molecule has 1 aromatic carbocycles. The fraction of sp³-hybridized carbons (Fsp3) is 0.412. The average molecular weight is 353 g/mol. The second-order valence-corrected chi connectivity index (χ2v) is 6.74. The molecule has 1 N–H and O–H groups in total. The van der Waals surface area contributed by atoms with Crippen LogP contribution in [-0.4, -0.2) is 17.5 Å².